The Balaban J connectivity index is 1.99. The number of carbonyl (C=O) groups excluding carboxylic acids is 2. The van der Waals surface area contributed by atoms with Gasteiger partial charge in [-0.05, 0) is 42.6 Å². The summed E-state index contributed by atoms with van der Waals surface area (Å²) in [6.07, 6.45) is 0. The number of thiocarbonyl (C=S) groups is 1. The number of nitrogens with one attached hydrogen (secondary N) is 4. The van der Waals surface area contributed by atoms with Crippen molar-refractivity contribution in [2.75, 3.05) is 0 Å². The number of aromatic amines is 2. The third-order valence-electron chi connectivity index (χ3n) is 4.15. The van der Waals surface area contributed by atoms with Gasteiger partial charge >= 0.3 is 0 Å². The second kappa shape index (κ2) is 6.11. The molecule has 1 unspecified atom stereocenters. The van der Waals surface area contributed by atoms with Crippen LogP contribution in [0.2, 0.25) is 0 Å². The van der Waals surface area contributed by atoms with E-state index in [1.807, 2.05) is 0 Å². The van der Waals surface area contributed by atoms with Crippen LogP contribution in [0.3, 0.4) is 0 Å². The number of hydrogen-bond acceptors (Lipinski definition) is 6. The molecule has 8 nitrogen and oxygen atoms in total. The molecule has 11 heteroatoms. The summed E-state index contributed by atoms with van der Waals surface area (Å²) >= 11 is 13.2. The van der Waals surface area contributed by atoms with Gasteiger partial charge in [0.15, 0.2) is 9.88 Å². The van der Waals surface area contributed by atoms with Gasteiger partial charge in [0.25, 0.3) is 5.56 Å². The SMILES string of the molecule is O=C1NC(=S)NC(=O)C1C1c2cc(Br)ccc2Oc2[nH]c(=S)[nH]c(=O)c21. The van der Waals surface area contributed by atoms with E-state index in [9.17, 15) is 14.4 Å². The van der Waals surface area contributed by atoms with Crippen molar-refractivity contribution in [1.29, 1.82) is 0 Å². The summed E-state index contributed by atoms with van der Waals surface area (Å²) in [6, 6.07) is 5.13. The van der Waals surface area contributed by atoms with Crippen molar-refractivity contribution in [2.24, 2.45) is 5.92 Å². The van der Waals surface area contributed by atoms with Crippen LogP contribution < -0.4 is 20.9 Å². The predicted octanol–water partition coefficient (Wildman–Crippen LogP) is 1.58. The highest BCUT2D eigenvalue weighted by Gasteiger charge is 2.46. The molecular formula is C15H9BrN4O4S2. The van der Waals surface area contributed by atoms with Crippen molar-refractivity contribution >= 4 is 57.3 Å². The largest absolute Gasteiger partial charge is 0.440 e. The molecule has 0 aliphatic carbocycles. The van der Waals surface area contributed by atoms with Crippen LogP contribution in [-0.2, 0) is 9.59 Å². The maximum Gasteiger partial charge on any atom is 0.259 e. The topological polar surface area (TPSA) is 116 Å². The highest BCUT2D eigenvalue weighted by atomic mass is 79.9. The van der Waals surface area contributed by atoms with Gasteiger partial charge in [-0.2, -0.15) is 0 Å². The van der Waals surface area contributed by atoms with Crippen LogP contribution in [0.15, 0.2) is 27.5 Å². The molecular weight excluding hydrogens is 444 g/mol. The lowest BCUT2D eigenvalue weighted by Gasteiger charge is -2.33. The first-order chi connectivity index (χ1) is 12.3. The monoisotopic (exact) mass is 452 g/mol. The van der Waals surface area contributed by atoms with E-state index in [1.165, 1.54) is 0 Å². The molecule has 2 aliphatic heterocycles. The van der Waals surface area contributed by atoms with Crippen molar-refractivity contribution in [3.63, 3.8) is 0 Å². The van der Waals surface area contributed by atoms with E-state index in [4.69, 9.17) is 29.2 Å². The lowest BCUT2D eigenvalue weighted by atomic mass is 9.78. The summed E-state index contributed by atoms with van der Waals surface area (Å²) < 4.78 is 6.54. The Bertz CT molecular complexity index is 1090. The van der Waals surface area contributed by atoms with Crippen molar-refractivity contribution in [3.05, 3.63) is 48.9 Å². The Morgan fingerprint density at radius 3 is 2.38 bits per heavy atom. The maximum atomic E-state index is 12.6. The van der Waals surface area contributed by atoms with Gasteiger partial charge in [0, 0.05) is 16.0 Å². The van der Waals surface area contributed by atoms with E-state index in [0.717, 1.165) is 0 Å². The zero-order valence-electron chi connectivity index (χ0n) is 12.7. The molecule has 3 heterocycles. The van der Waals surface area contributed by atoms with Crippen LogP contribution in [0.25, 0.3) is 0 Å². The smallest absolute Gasteiger partial charge is 0.259 e. The van der Waals surface area contributed by atoms with Gasteiger partial charge in [-0.15, -0.1) is 0 Å². The summed E-state index contributed by atoms with van der Waals surface area (Å²) in [6.45, 7) is 0. The second-order valence-corrected chi connectivity index (χ2v) is 7.43. The summed E-state index contributed by atoms with van der Waals surface area (Å²) in [5, 5.41) is 4.79. The Kier molecular flexibility index (Phi) is 4.01. The number of aromatic nitrogens is 2. The first-order valence-corrected chi connectivity index (χ1v) is 8.95. The quantitative estimate of drug-likeness (QED) is 0.385. The molecule has 2 aliphatic rings. The predicted molar refractivity (Wildman–Crippen MR) is 101 cm³/mol. The molecule has 0 radical (unpaired) electrons. The lowest BCUT2D eigenvalue weighted by Crippen LogP contribution is -2.57. The van der Waals surface area contributed by atoms with E-state index < -0.39 is 29.2 Å². The third-order valence-corrected chi connectivity index (χ3v) is 5.05. The molecule has 1 aromatic carbocycles. The minimum atomic E-state index is -1.21. The molecule has 4 N–H and O–H groups in total. The Labute approximate surface area is 164 Å². The van der Waals surface area contributed by atoms with Gasteiger partial charge < -0.3 is 20.4 Å². The minimum absolute atomic E-state index is 0.0700. The molecule has 2 amide bonds. The minimum Gasteiger partial charge on any atom is -0.440 e. The first kappa shape index (κ1) is 17.1. The molecule has 26 heavy (non-hydrogen) atoms. The van der Waals surface area contributed by atoms with Crippen LogP contribution in [0.1, 0.15) is 17.0 Å². The summed E-state index contributed by atoms with van der Waals surface area (Å²) in [5.41, 5.74) is 0.103. The molecule has 1 atom stereocenters. The van der Waals surface area contributed by atoms with E-state index in [1.54, 1.807) is 18.2 Å². The summed E-state index contributed by atoms with van der Waals surface area (Å²) in [7, 11) is 0. The van der Waals surface area contributed by atoms with Gasteiger partial charge in [-0.25, -0.2) is 0 Å². The average Bonchev–Trinajstić information content (AvgIpc) is 2.53. The fourth-order valence-corrected chi connectivity index (χ4v) is 3.90. The lowest BCUT2D eigenvalue weighted by molar-refractivity contribution is -0.135. The Hall–Kier alpha value is -2.37. The Morgan fingerprint density at radius 1 is 1.00 bits per heavy atom. The number of ether oxygens (including phenoxy) is 1. The zero-order valence-corrected chi connectivity index (χ0v) is 15.9. The van der Waals surface area contributed by atoms with Gasteiger partial charge in [-0.3, -0.25) is 19.4 Å². The number of rotatable bonds is 1. The van der Waals surface area contributed by atoms with Crippen molar-refractivity contribution < 1.29 is 14.3 Å². The molecule has 0 spiro atoms. The van der Waals surface area contributed by atoms with Crippen LogP contribution in [0, 0.1) is 10.7 Å². The molecule has 4 rings (SSSR count). The second-order valence-electron chi connectivity index (χ2n) is 5.70. The third kappa shape index (κ3) is 2.68. The number of fused-ring (bicyclic) bond motifs is 2. The molecule has 0 bridgehead atoms. The van der Waals surface area contributed by atoms with Crippen LogP contribution >= 0.6 is 40.4 Å². The summed E-state index contributed by atoms with van der Waals surface area (Å²) in [5.74, 6) is -2.76. The van der Waals surface area contributed by atoms with Gasteiger partial charge in [-0.1, -0.05) is 15.9 Å². The molecule has 1 fully saturated rings. The van der Waals surface area contributed by atoms with Gasteiger partial charge in [0.1, 0.15) is 11.7 Å². The zero-order chi connectivity index (χ0) is 18.6. The number of carbonyl (C=O) groups is 2. The van der Waals surface area contributed by atoms with Gasteiger partial charge in [0.2, 0.25) is 17.7 Å². The number of benzene rings is 1. The number of halogens is 1. The van der Waals surface area contributed by atoms with Crippen molar-refractivity contribution in [1.82, 2.24) is 20.6 Å². The number of hydrogen-bond donors (Lipinski definition) is 4. The summed E-state index contributed by atoms with van der Waals surface area (Å²) in [4.78, 5) is 42.9. The molecule has 1 saturated heterocycles. The van der Waals surface area contributed by atoms with Crippen molar-refractivity contribution in [2.45, 2.75) is 5.92 Å². The van der Waals surface area contributed by atoms with Crippen LogP contribution in [0.5, 0.6) is 11.6 Å². The van der Waals surface area contributed by atoms with Crippen LogP contribution in [0.4, 0.5) is 0 Å². The molecule has 1 aromatic heterocycles. The normalized spacial score (nSPS) is 19.1. The van der Waals surface area contributed by atoms with E-state index in [0.29, 0.717) is 15.8 Å². The fraction of sp³-hybridized carbons (Fsp3) is 0.133. The molecule has 2 aromatic rings. The molecule has 0 saturated carbocycles. The fourth-order valence-electron chi connectivity index (χ4n) is 3.14. The highest BCUT2D eigenvalue weighted by molar-refractivity contribution is 9.10. The first-order valence-electron chi connectivity index (χ1n) is 7.34. The van der Waals surface area contributed by atoms with E-state index in [-0.39, 0.29) is 21.3 Å². The highest BCUT2D eigenvalue weighted by Crippen LogP contribution is 2.46. The number of amides is 2. The van der Waals surface area contributed by atoms with E-state index in [2.05, 4.69) is 36.5 Å². The van der Waals surface area contributed by atoms with Crippen LogP contribution in [-0.4, -0.2) is 26.9 Å². The van der Waals surface area contributed by atoms with Gasteiger partial charge in [0.05, 0.1) is 5.56 Å². The maximum absolute atomic E-state index is 12.6. The Morgan fingerprint density at radius 2 is 1.69 bits per heavy atom. The van der Waals surface area contributed by atoms with Crippen molar-refractivity contribution in [3.8, 4) is 11.6 Å². The average molecular weight is 453 g/mol. The standard InChI is InChI=1S/C15H9BrN4O4S2/c16-4-1-2-6-5(3-4)7(8-10(21)17-14(25)18-11(8)22)9-12(23)19-15(26)20-13(9)24-6/h1-3,7-8H,(H2,19,20,23,26)(H2,17,18,21,22,25). The number of H-pyrrole nitrogens is 2. The van der Waals surface area contributed by atoms with E-state index >= 15 is 0 Å². The molecule has 132 valence electrons.